The molecular weight excluding hydrogens is 430 g/mol. The average Bonchev–Trinajstić information content (AvgIpc) is 3.01. The molecule has 0 amide bonds. The molecule has 0 N–H and O–H groups in total. The Bertz CT molecular complexity index is 867. The number of Topliss-reactive ketones (excluding diaryl/α,β-unsaturated/α-hetero) is 1. The molecule has 0 aliphatic heterocycles. The van der Waals surface area contributed by atoms with Crippen LogP contribution in [-0.2, 0) is 29.2 Å². The van der Waals surface area contributed by atoms with Crippen LogP contribution in [0.25, 0.3) is 0 Å². The van der Waals surface area contributed by atoms with E-state index in [0.29, 0.717) is 29.5 Å². The number of carbonyl (C=O) groups is 1. The molecule has 1 aromatic heterocycles. The van der Waals surface area contributed by atoms with Crippen molar-refractivity contribution in [1.29, 1.82) is 0 Å². The van der Waals surface area contributed by atoms with Crippen molar-refractivity contribution < 1.29 is 27.1 Å². The Morgan fingerprint density at radius 2 is 2.04 bits per heavy atom. The van der Waals surface area contributed by atoms with E-state index in [0.717, 1.165) is 12.3 Å². The summed E-state index contributed by atoms with van der Waals surface area (Å²) in [4.78, 5) is 16.3. The summed E-state index contributed by atoms with van der Waals surface area (Å²) in [6.07, 6.45) is -2.52. The van der Waals surface area contributed by atoms with E-state index in [1.54, 1.807) is 6.07 Å². The Hall–Kier alpha value is -1.96. The first kappa shape index (κ1) is 19.8. The molecule has 0 saturated heterocycles. The molecule has 144 valence electrons. The standard InChI is InChI=1S/C19H16BrF4NO2/c1-27-14-4-3-13-12(17(14)21)6-7-18(13,16(26)9-20)8-11-2-5-15(25-10-11)19(22,23)24/h2-5,10H,6-9H2,1H3. The normalized spacial score (nSPS) is 19.0. The molecule has 1 aliphatic carbocycles. The number of hydrogen-bond acceptors (Lipinski definition) is 3. The van der Waals surface area contributed by atoms with Crippen LogP contribution in [-0.4, -0.2) is 23.2 Å². The summed E-state index contributed by atoms with van der Waals surface area (Å²) in [5.74, 6) is -0.539. The minimum absolute atomic E-state index is 0.0636. The van der Waals surface area contributed by atoms with Crippen molar-refractivity contribution >= 4 is 21.7 Å². The molecular formula is C19H16BrF4NO2. The van der Waals surface area contributed by atoms with Crippen LogP contribution >= 0.6 is 15.9 Å². The number of aromatic nitrogens is 1. The Labute approximate surface area is 161 Å². The van der Waals surface area contributed by atoms with E-state index in [1.807, 2.05) is 0 Å². The van der Waals surface area contributed by atoms with Crippen molar-refractivity contribution in [2.24, 2.45) is 0 Å². The van der Waals surface area contributed by atoms with E-state index in [4.69, 9.17) is 4.74 Å². The van der Waals surface area contributed by atoms with Crippen LogP contribution in [0, 0.1) is 5.82 Å². The molecule has 0 bridgehead atoms. The molecule has 8 heteroatoms. The van der Waals surface area contributed by atoms with Gasteiger partial charge >= 0.3 is 6.18 Å². The first-order valence-electron chi connectivity index (χ1n) is 8.20. The molecule has 0 saturated carbocycles. The van der Waals surface area contributed by atoms with Gasteiger partial charge in [-0.25, -0.2) is 4.39 Å². The highest BCUT2D eigenvalue weighted by Gasteiger charge is 2.46. The number of alkyl halides is 4. The van der Waals surface area contributed by atoms with Gasteiger partial charge in [0.1, 0.15) is 5.69 Å². The average molecular weight is 446 g/mol. The van der Waals surface area contributed by atoms with Crippen LogP contribution in [0.1, 0.15) is 28.8 Å². The molecule has 1 unspecified atom stereocenters. The molecule has 27 heavy (non-hydrogen) atoms. The van der Waals surface area contributed by atoms with Crippen molar-refractivity contribution in [1.82, 2.24) is 4.98 Å². The van der Waals surface area contributed by atoms with Crippen LogP contribution < -0.4 is 4.74 Å². The number of nitrogens with zero attached hydrogens (tertiary/aromatic N) is 1. The minimum Gasteiger partial charge on any atom is -0.494 e. The molecule has 2 aromatic rings. The zero-order valence-electron chi connectivity index (χ0n) is 14.4. The number of rotatable bonds is 5. The van der Waals surface area contributed by atoms with Gasteiger partial charge in [0.05, 0.1) is 17.9 Å². The van der Waals surface area contributed by atoms with Gasteiger partial charge in [0.15, 0.2) is 17.3 Å². The summed E-state index contributed by atoms with van der Waals surface area (Å²) < 4.78 is 57.8. The summed E-state index contributed by atoms with van der Waals surface area (Å²) in [7, 11) is 1.37. The van der Waals surface area contributed by atoms with Gasteiger partial charge < -0.3 is 4.74 Å². The second-order valence-corrected chi connectivity index (χ2v) is 7.03. The zero-order chi connectivity index (χ0) is 19.8. The first-order valence-corrected chi connectivity index (χ1v) is 9.32. The lowest BCUT2D eigenvalue weighted by Gasteiger charge is -2.29. The summed E-state index contributed by atoms with van der Waals surface area (Å²) in [5, 5.41) is 0.0636. The minimum atomic E-state index is -4.53. The van der Waals surface area contributed by atoms with Gasteiger partial charge in [0.25, 0.3) is 0 Å². The Balaban J connectivity index is 2.03. The Kier molecular flexibility index (Phi) is 5.29. The zero-order valence-corrected chi connectivity index (χ0v) is 16.0. The smallest absolute Gasteiger partial charge is 0.433 e. The van der Waals surface area contributed by atoms with Crippen molar-refractivity contribution in [3.8, 4) is 5.75 Å². The van der Waals surface area contributed by atoms with Gasteiger partial charge in [0, 0.05) is 6.20 Å². The quantitative estimate of drug-likeness (QED) is 0.497. The lowest BCUT2D eigenvalue weighted by Crippen LogP contribution is -2.37. The van der Waals surface area contributed by atoms with Crippen LogP contribution in [0.5, 0.6) is 5.75 Å². The van der Waals surface area contributed by atoms with Gasteiger partial charge in [-0.15, -0.1) is 0 Å². The topological polar surface area (TPSA) is 39.2 Å². The predicted octanol–water partition coefficient (Wildman–Crippen LogP) is 4.64. The third-order valence-electron chi connectivity index (χ3n) is 5.02. The molecule has 0 spiro atoms. The first-order chi connectivity index (χ1) is 12.7. The predicted molar refractivity (Wildman–Crippen MR) is 94.7 cm³/mol. The molecule has 1 aliphatic rings. The molecule has 0 fully saturated rings. The van der Waals surface area contributed by atoms with Crippen molar-refractivity contribution in [3.63, 3.8) is 0 Å². The second kappa shape index (κ2) is 7.22. The van der Waals surface area contributed by atoms with Crippen molar-refractivity contribution in [2.45, 2.75) is 30.9 Å². The van der Waals surface area contributed by atoms with Gasteiger partial charge in [-0.2, -0.15) is 13.2 Å². The van der Waals surface area contributed by atoms with Gasteiger partial charge in [0.2, 0.25) is 0 Å². The highest BCUT2D eigenvalue weighted by atomic mass is 79.9. The van der Waals surface area contributed by atoms with Crippen LogP contribution in [0.4, 0.5) is 17.6 Å². The Morgan fingerprint density at radius 3 is 2.59 bits per heavy atom. The largest absolute Gasteiger partial charge is 0.494 e. The van der Waals surface area contributed by atoms with Crippen LogP contribution in [0.15, 0.2) is 30.5 Å². The lowest BCUT2D eigenvalue weighted by molar-refractivity contribution is -0.141. The molecule has 1 aromatic carbocycles. The molecule has 0 radical (unpaired) electrons. The van der Waals surface area contributed by atoms with Crippen LogP contribution in [0.3, 0.4) is 0 Å². The maximum Gasteiger partial charge on any atom is 0.433 e. The van der Waals surface area contributed by atoms with Crippen molar-refractivity contribution in [2.75, 3.05) is 12.4 Å². The highest BCUT2D eigenvalue weighted by molar-refractivity contribution is 9.09. The number of pyridine rings is 1. The monoisotopic (exact) mass is 445 g/mol. The summed E-state index contributed by atoms with van der Waals surface area (Å²) >= 11 is 3.18. The summed E-state index contributed by atoms with van der Waals surface area (Å²) in [6.45, 7) is 0. The molecule has 3 nitrogen and oxygen atoms in total. The molecule has 1 atom stereocenters. The number of ketones is 1. The maximum absolute atomic E-state index is 14.6. The summed E-state index contributed by atoms with van der Waals surface area (Å²) in [5.41, 5.74) is -0.530. The number of hydrogen-bond donors (Lipinski definition) is 0. The number of benzene rings is 1. The third-order valence-corrected chi connectivity index (χ3v) is 5.53. The van der Waals surface area contributed by atoms with E-state index < -0.39 is 23.1 Å². The van der Waals surface area contributed by atoms with E-state index in [-0.39, 0.29) is 23.3 Å². The van der Waals surface area contributed by atoms with Crippen molar-refractivity contribution in [3.05, 3.63) is 58.7 Å². The summed E-state index contributed by atoms with van der Waals surface area (Å²) in [6, 6.07) is 5.35. The third kappa shape index (κ3) is 3.47. The SMILES string of the molecule is COc1ccc2c(c1F)CCC2(Cc1ccc(C(F)(F)F)nc1)C(=O)CBr. The van der Waals surface area contributed by atoms with E-state index in [1.165, 1.54) is 19.2 Å². The number of ether oxygens (including phenoxy) is 1. The van der Waals surface area contributed by atoms with Gasteiger partial charge in [-0.3, -0.25) is 9.78 Å². The molecule has 3 rings (SSSR count). The Morgan fingerprint density at radius 1 is 1.30 bits per heavy atom. The van der Waals surface area contributed by atoms with E-state index in [2.05, 4.69) is 20.9 Å². The maximum atomic E-state index is 14.6. The fourth-order valence-corrected chi connectivity index (χ4v) is 4.20. The van der Waals surface area contributed by atoms with Gasteiger partial charge in [-0.05, 0) is 48.1 Å². The van der Waals surface area contributed by atoms with E-state index in [9.17, 15) is 22.4 Å². The fourth-order valence-electron chi connectivity index (χ4n) is 3.67. The van der Waals surface area contributed by atoms with Crippen LogP contribution in [0.2, 0.25) is 0 Å². The fraction of sp³-hybridized carbons (Fsp3) is 0.368. The lowest BCUT2D eigenvalue weighted by atomic mass is 9.74. The highest BCUT2D eigenvalue weighted by Crippen LogP contribution is 2.45. The number of methoxy groups -OCH3 is 1. The number of halogens is 5. The number of carbonyl (C=O) groups excluding carboxylic acids is 1. The second-order valence-electron chi connectivity index (χ2n) is 6.47. The number of fused-ring (bicyclic) bond motifs is 1. The van der Waals surface area contributed by atoms with E-state index >= 15 is 0 Å². The molecule has 1 heterocycles. The van der Waals surface area contributed by atoms with Gasteiger partial charge in [-0.1, -0.05) is 28.1 Å².